The Morgan fingerprint density at radius 1 is 1.37 bits per heavy atom. The summed E-state index contributed by atoms with van der Waals surface area (Å²) in [6.45, 7) is 3.74. The number of ether oxygens (including phenoxy) is 1. The van der Waals surface area contributed by atoms with E-state index in [-0.39, 0.29) is 11.7 Å². The first-order valence-corrected chi connectivity index (χ1v) is 6.78. The lowest BCUT2D eigenvalue weighted by molar-refractivity contribution is 0.0756. The van der Waals surface area contributed by atoms with E-state index in [1.165, 1.54) is 7.11 Å². The maximum atomic E-state index is 12.5. The van der Waals surface area contributed by atoms with Crippen molar-refractivity contribution in [1.82, 2.24) is 4.90 Å². The Balaban J connectivity index is 2.19. The summed E-state index contributed by atoms with van der Waals surface area (Å²) in [7, 11) is 1.48. The Morgan fingerprint density at radius 2 is 2.16 bits per heavy atom. The molecule has 2 rings (SSSR count). The molecule has 0 aliphatic carbocycles. The molecule has 0 aromatic heterocycles. The van der Waals surface area contributed by atoms with Gasteiger partial charge in [-0.1, -0.05) is 13.0 Å². The lowest BCUT2D eigenvalue weighted by Crippen LogP contribution is -2.32. The van der Waals surface area contributed by atoms with Gasteiger partial charge in [0.25, 0.3) is 5.91 Å². The Bertz CT molecular complexity index is 459. The zero-order chi connectivity index (χ0) is 13.8. The molecular weight excluding hydrogens is 242 g/mol. The van der Waals surface area contributed by atoms with Gasteiger partial charge in [-0.2, -0.15) is 0 Å². The fraction of sp³-hybridized carbons (Fsp3) is 0.533. The van der Waals surface area contributed by atoms with Crippen LogP contribution < -0.4 is 4.74 Å². The molecular formula is C15H21NO3. The third-order valence-corrected chi connectivity index (χ3v) is 3.75. The standard InChI is InChI=1S/C15H21NO3/c1-11-5-4-9-16(10-8-11)15(18)12-6-3-7-13(19-2)14(12)17/h3,6-7,11,17H,4-5,8-10H2,1-2H3. The number of nitrogens with zero attached hydrogens (tertiary/aromatic N) is 1. The molecule has 104 valence electrons. The molecule has 1 aliphatic rings. The topological polar surface area (TPSA) is 49.8 Å². The van der Waals surface area contributed by atoms with Crippen LogP contribution in [0, 0.1) is 5.92 Å². The zero-order valence-electron chi connectivity index (χ0n) is 11.6. The summed E-state index contributed by atoms with van der Waals surface area (Å²) < 4.78 is 5.04. The lowest BCUT2D eigenvalue weighted by atomic mass is 10.0. The van der Waals surface area contributed by atoms with E-state index < -0.39 is 0 Å². The minimum atomic E-state index is -0.106. The second kappa shape index (κ2) is 5.95. The molecule has 0 radical (unpaired) electrons. The molecule has 0 saturated carbocycles. The van der Waals surface area contributed by atoms with Crippen LogP contribution in [0.4, 0.5) is 0 Å². The third-order valence-electron chi connectivity index (χ3n) is 3.75. The summed E-state index contributed by atoms with van der Waals surface area (Å²) in [4.78, 5) is 14.3. The number of carbonyl (C=O) groups is 1. The van der Waals surface area contributed by atoms with Crippen LogP contribution in [0.2, 0.25) is 0 Å². The van der Waals surface area contributed by atoms with Crippen LogP contribution in [-0.4, -0.2) is 36.1 Å². The second-order valence-corrected chi connectivity index (χ2v) is 5.18. The largest absolute Gasteiger partial charge is 0.504 e. The van der Waals surface area contributed by atoms with Crippen molar-refractivity contribution in [3.05, 3.63) is 23.8 Å². The van der Waals surface area contributed by atoms with Gasteiger partial charge in [-0.05, 0) is 37.3 Å². The van der Waals surface area contributed by atoms with Gasteiger partial charge >= 0.3 is 0 Å². The van der Waals surface area contributed by atoms with Crippen LogP contribution in [0.25, 0.3) is 0 Å². The smallest absolute Gasteiger partial charge is 0.257 e. The number of carbonyl (C=O) groups excluding carboxylic acids is 1. The highest BCUT2D eigenvalue weighted by Crippen LogP contribution is 2.30. The molecule has 1 N–H and O–H groups in total. The van der Waals surface area contributed by atoms with Crippen molar-refractivity contribution in [2.45, 2.75) is 26.2 Å². The van der Waals surface area contributed by atoms with Crippen molar-refractivity contribution in [1.29, 1.82) is 0 Å². The molecule has 1 fully saturated rings. The number of phenolic OH excluding ortho intramolecular Hbond substituents is 1. The van der Waals surface area contributed by atoms with Gasteiger partial charge in [0.05, 0.1) is 12.7 Å². The van der Waals surface area contributed by atoms with Crippen molar-refractivity contribution < 1.29 is 14.6 Å². The molecule has 19 heavy (non-hydrogen) atoms. The van der Waals surface area contributed by atoms with Gasteiger partial charge in [0, 0.05) is 13.1 Å². The highest BCUT2D eigenvalue weighted by molar-refractivity contribution is 5.97. The van der Waals surface area contributed by atoms with Gasteiger partial charge in [0.15, 0.2) is 11.5 Å². The SMILES string of the molecule is COc1cccc(C(=O)N2CCCC(C)CC2)c1O. The average molecular weight is 263 g/mol. The molecule has 1 unspecified atom stereocenters. The number of amides is 1. The van der Waals surface area contributed by atoms with E-state index in [1.807, 2.05) is 4.90 Å². The molecule has 1 heterocycles. The summed E-state index contributed by atoms with van der Waals surface area (Å²) in [6.07, 6.45) is 3.21. The van der Waals surface area contributed by atoms with Gasteiger partial charge in [0.2, 0.25) is 0 Å². The van der Waals surface area contributed by atoms with Gasteiger partial charge in [-0.15, -0.1) is 0 Å². The first-order valence-electron chi connectivity index (χ1n) is 6.78. The summed E-state index contributed by atoms with van der Waals surface area (Å²) in [5.74, 6) is 0.837. The summed E-state index contributed by atoms with van der Waals surface area (Å²) in [5, 5.41) is 10.0. The number of benzene rings is 1. The van der Waals surface area contributed by atoms with Gasteiger partial charge in [-0.25, -0.2) is 0 Å². The zero-order valence-corrected chi connectivity index (χ0v) is 11.6. The van der Waals surface area contributed by atoms with Gasteiger partial charge in [-0.3, -0.25) is 4.79 Å². The number of hydrogen-bond donors (Lipinski definition) is 1. The highest BCUT2D eigenvalue weighted by Gasteiger charge is 2.23. The predicted octanol–water partition coefficient (Wildman–Crippen LogP) is 2.66. The predicted molar refractivity (Wildman–Crippen MR) is 73.6 cm³/mol. The number of rotatable bonds is 2. The number of para-hydroxylation sites is 1. The van der Waals surface area contributed by atoms with E-state index in [4.69, 9.17) is 4.74 Å². The summed E-state index contributed by atoms with van der Waals surface area (Å²) >= 11 is 0. The van der Waals surface area contributed by atoms with Crippen LogP contribution in [0.15, 0.2) is 18.2 Å². The van der Waals surface area contributed by atoms with Crippen molar-refractivity contribution in [2.75, 3.05) is 20.2 Å². The fourth-order valence-electron chi connectivity index (χ4n) is 2.50. The molecule has 4 nitrogen and oxygen atoms in total. The van der Waals surface area contributed by atoms with E-state index in [2.05, 4.69) is 6.92 Å². The molecule has 1 aromatic carbocycles. The minimum absolute atomic E-state index is 0.0627. The number of likely N-dealkylation sites (tertiary alicyclic amines) is 1. The average Bonchev–Trinajstić information content (AvgIpc) is 2.63. The molecule has 1 atom stereocenters. The van der Waals surface area contributed by atoms with E-state index in [9.17, 15) is 9.90 Å². The quantitative estimate of drug-likeness (QED) is 0.892. The molecule has 4 heteroatoms. The van der Waals surface area contributed by atoms with E-state index in [0.717, 1.165) is 32.4 Å². The maximum absolute atomic E-state index is 12.5. The number of aromatic hydroxyl groups is 1. The van der Waals surface area contributed by atoms with Crippen LogP contribution >= 0.6 is 0 Å². The van der Waals surface area contributed by atoms with Crippen LogP contribution in [-0.2, 0) is 0 Å². The molecule has 1 aliphatic heterocycles. The Kier molecular flexibility index (Phi) is 4.30. The second-order valence-electron chi connectivity index (χ2n) is 5.18. The maximum Gasteiger partial charge on any atom is 0.257 e. The number of methoxy groups -OCH3 is 1. The van der Waals surface area contributed by atoms with Crippen molar-refractivity contribution in [3.8, 4) is 11.5 Å². The molecule has 1 aromatic rings. The Hall–Kier alpha value is -1.71. The van der Waals surface area contributed by atoms with Crippen molar-refractivity contribution in [3.63, 3.8) is 0 Å². The lowest BCUT2D eigenvalue weighted by Gasteiger charge is -2.21. The molecule has 0 bridgehead atoms. The van der Waals surface area contributed by atoms with E-state index >= 15 is 0 Å². The van der Waals surface area contributed by atoms with Crippen LogP contribution in [0.1, 0.15) is 36.5 Å². The van der Waals surface area contributed by atoms with Crippen molar-refractivity contribution >= 4 is 5.91 Å². The highest BCUT2D eigenvalue weighted by atomic mass is 16.5. The molecule has 1 saturated heterocycles. The minimum Gasteiger partial charge on any atom is -0.504 e. The van der Waals surface area contributed by atoms with E-state index in [1.54, 1.807) is 18.2 Å². The van der Waals surface area contributed by atoms with Crippen LogP contribution in [0.5, 0.6) is 11.5 Å². The van der Waals surface area contributed by atoms with Gasteiger partial charge in [0.1, 0.15) is 0 Å². The molecule has 0 spiro atoms. The first kappa shape index (κ1) is 13.7. The first-order chi connectivity index (χ1) is 9.13. The van der Waals surface area contributed by atoms with E-state index in [0.29, 0.717) is 17.2 Å². The third kappa shape index (κ3) is 3.00. The number of phenols is 1. The Labute approximate surface area is 114 Å². The monoisotopic (exact) mass is 263 g/mol. The van der Waals surface area contributed by atoms with Crippen LogP contribution in [0.3, 0.4) is 0 Å². The number of hydrogen-bond acceptors (Lipinski definition) is 3. The summed E-state index contributed by atoms with van der Waals surface area (Å²) in [5.41, 5.74) is 0.328. The fourth-order valence-corrected chi connectivity index (χ4v) is 2.50. The van der Waals surface area contributed by atoms with Crippen molar-refractivity contribution in [2.24, 2.45) is 5.92 Å². The Morgan fingerprint density at radius 3 is 2.89 bits per heavy atom. The normalized spacial score (nSPS) is 19.9. The van der Waals surface area contributed by atoms with Gasteiger partial charge < -0.3 is 14.7 Å². The summed E-state index contributed by atoms with van der Waals surface area (Å²) in [6, 6.07) is 5.03. The molecule has 1 amide bonds.